The van der Waals surface area contributed by atoms with Gasteiger partial charge in [0.25, 0.3) is 0 Å². The van der Waals surface area contributed by atoms with Crippen molar-refractivity contribution in [3.8, 4) is 5.75 Å². The highest BCUT2D eigenvalue weighted by Gasteiger charge is 2.27. The summed E-state index contributed by atoms with van der Waals surface area (Å²) >= 11 is 0. The third-order valence-electron chi connectivity index (χ3n) is 1.55. The van der Waals surface area contributed by atoms with Crippen molar-refractivity contribution < 1.29 is 18.7 Å². The van der Waals surface area contributed by atoms with Crippen LogP contribution in [0.5, 0.6) is 5.75 Å². The molecule has 0 saturated carbocycles. The Balaban J connectivity index is 2.75. The van der Waals surface area contributed by atoms with Gasteiger partial charge in [0.15, 0.2) is 6.29 Å². The minimum absolute atomic E-state index is 0.0122. The van der Waals surface area contributed by atoms with E-state index in [4.69, 9.17) is 5.11 Å². The second-order valence-electron chi connectivity index (χ2n) is 2.72. The van der Waals surface area contributed by atoms with Gasteiger partial charge in [-0.3, -0.25) is 4.79 Å². The van der Waals surface area contributed by atoms with Crippen molar-refractivity contribution in [3.63, 3.8) is 0 Å². The fourth-order valence-electron chi connectivity index (χ4n) is 0.928. The average Bonchev–Trinajstić information content (AvgIpc) is 2.09. The standard InChI is InChI=1S/C9H8F2O2/c10-9(11,6-12)5-7-1-3-8(13)4-2-7/h1-4,6,13H,5H2. The lowest BCUT2D eigenvalue weighted by atomic mass is 10.1. The van der Waals surface area contributed by atoms with Gasteiger partial charge in [-0.25, -0.2) is 0 Å². The van der Waals surface area contributed by atoms with Crippen molar-refractivity contribution >= 4 is 6.29 Å². The number of benzene rings is 1. The number of carbonyl (C=O) groups excluding carboxylic acids is 1. The zero-order chi connectivity index (χ0) is 9.90. The molecule has 1 N–H and O–H groups in total. The van der Waals surface area contributed by atoms with Gasteiger partial charge in [-0.2, -0.15) is 8.78 Å². The lowest BCUT2D eigenvalue weighted by molar-refractivity contribution is -0.128. The van der Waals surface area contributed by atoms with Crippen LogP contribution in [0.15, 0.2) is 24.3 Å². The summed E-state index contributed by atoms with van der Waals surface area (Å²) in [6.07, 6.45) is -1.00. The summed E-state index contributed by atoms with van der Waals surface area (Å²) in [4.78, 5) is 9.90. The first-order valence-electron chi connectivity index (χ1n) is 3.65. The molecule has 0 spiro atoms. The van der Waals surface area contributed by atoms with Crippen molar-refractivity contribution in [3.05, 3.63) is 29.8 Å². The number of phenolic OH excluding ortho intramolecular Hbond substituents is 1. The van der Waals surface area contributed by atoms with E-state index in [1.54, 1.807) is 0 Å². The van der Waals surface area contributed by atoms with Crippen LogP contribution in [0.1, 0.15) is 5.56 Å². The maximum Gasteiger partial charge on any atom is 0.306 e. The van der Waals surface area contributed by atoms with Crippen LogP contribution in [0.3, 0.4) is 0 Å². The highest BCUT2D eigenvalue weighted by atomic mass is 19.3. The molecule has 0 radical (unpaired) electrons. The minimum Gasteiger partial charge on any atom is -0.508 e. The van der Waals surface area contributed by atoms with Gasteiger partial charge in [0.2, 0.25) is 0 Å². The van der Waals surface area contributed by atoms with Gasteiger partial charge in [-0.15, -0.1) is 0 Å². The molecule has 0 bridgehead atoms. The summed E-state index contributed by atoms with van der Waals surface area (Å²) in [6, 6.07) is 5.31. The van der Waals surface area contributed by atoms with Crippen molar-refractivity contribution in [2.24, 2.45) is 0 Å². The van der Waals surface area contributed by atoms with Crippen molar-refractivity contribution in [2.45, 2.75) is 12.3 Å². The fraction of sp³-hybridized carbons (Fsp3) is 0.222. The quantitative estimate of drug-likeness (QED) is 0.730. The van der Waals surface area contributed by atoms with Gasteiger partial charge in [0, 0.05) is 6.42 Å². The first kappa shape index (κ1) is 9.64. The molecule has 1 aromatic rings. The van der Waals surface area contributed by atoms with Crippen LogP contribution in [0.25, 0.3) is 0 Å². The van der Waals surface area contributed by atoms with Gasteiger partial charge >= 0.3 is 5.92 Å². The number of rotatable bonds is 3. The summed E-state index contributed by atoms with van der Waals surface area (Å²) in [5, 5.41) is 8.86. The largest absolute Gasteiger partial charge is 0.508 e. The van der Waals surface area contributed by atoms with Gasteiger partial charge in [0.05, 0.1) is 0 Å². The Labute approximate surface area is 73.8 Å². The van der Waals surface area contributed by atoms with Crippen LogP contribution in [0, 0.1) is 0 Å². The van der Waals surface area contributed by atoms with Crippen LogP contribution in [0.2, 0.25) is 0 Å². The molecule has 1 rings (SSSR count). The smallest absolute Gasteiger partial charge is 0.306 e. The van der Waals surface area contributed by atoms with E-state index in [2.05, 4.69) is 0 Å². The summed E-state index contributed by atoms with van der Waals surface area (Å²) in [6.45, 7) is 0. The highest BCUT2D eigenvalue weighted by Crippen LogP contribution is 2.19. The van der Waals surface area contributed by atoms with Gasteiger partial charge in [-0.1, -0.05) is 12.1 Å². The maximum absolute atomic E-state index is 12.5. The Morgan fingerprint density at radius 3 is 2.31 bits per heavy atom. The molecule has 0 aromatic heterocycles. The number of hydrogen-bond acceptors (Lipinski definition) is 2. The Kier molecular flexibility index (Phi) is 2.60. The molecule has 70 valence electrons. The lowest BCUT2D eigenvalue weighted by Crippen LogP contribution is -2.20. The van der Waals surface area contributed by atoms with E-state index in [9.17, 15) is 13.6 Å². The molecule has 0 aliphatic heterocycles. The average molecular weight is 186 g/mol. The Hall–Kier alpha value is -1.45. The number of halogens is 2. The second kappa shape index (κ2) is 3.51. The molecule has 0 heterocycles. The number of aldehydes is 1. The number of alkyl halides is 2. The predicted octanol–water partition coefficient (Wildman–Crippen LogP) is 1.77. The van der Waals surface area contributed by atoms with Crippen LogP contribution < -0.4 is 0 Å². The molecule has 0 fully saturated rings. The Bertz CT molecular complexity index is 293. The van der Waals surface area contributed by atoms with Crippen molar-refractivity contribution in [1.29, 1.82) is 0 Å². The van der Waals surface area contributed by atoms with E-state index in [0.717, 1.165) is 0 Å². The second-order valence-corrected chi connectivity index (χ2v) is 2.72. The summed E-state index contributed by atoms with van der Waals surface area (Å²) in [5.74, 6) is -3.31. The molecule has 0 atom stereocenters. The highest BCUT2D eigenvalue weighted by molar-refractivity contribution is 5.60. The topological polar surface area (TPSA) is 37.3 Å². The van der Waals surface area contributed by atoms with E-state index in [0.29, 0.717) is 5.56 Å². The van der Waals surface area contributed by atoms with Crippen molar-refractivity contribution in [2.75, 3.05) is 0 Å². The molecule has 0 saturated heterocycles. The number of aromatic hydroxyl groups is 1. The van der Waals surface area contributed by atoms with Gasteiger partial charge in [-0.05, 0) is 17.7 Å². The summed E-state index contributed by atoms with van der Waals surface area (Å²) < 4.78 is 25.0. The molecule has 0 amide bonds. The van der Waals surface area contributed by atoms with Crippen LogP contribution in [0.4, 0.5) is 8.78 Å². The predicted molar refractivity (Wildman–Crippen MR) is 42.8 cm³/mol. The van der Waals surface area contributed by atoms with Gasteiger partial charge in [0.1, 0.15) is 5.75 Å². The van der Waals surface area contributed by atoms with E-state index in [1.807, 2.05) is 0 Å². The maximum atomic E-state index is 12.5. The molecule has 2 nitrogen and oxygen atoms in total. The molecule has 0 unspecified atom stereocenters. The Morgan fingerprint density at radius 2 is 1.85 bits per heavy atom. The number of phenols is 1. The zero-order valence-corrected chi connectivity index (χ0v) is 6.71. The van der Waals surface area contributed by atoms with E-state index in [1.165, 1.54) is 24.3 Å². The molecule has 4 heteroatoms. The molecule has 0 aliphatic carbocycles. The van der Waals surface area contributed by atoms with Crippen LogP contribution >= 0.6 is 0 Å². The molecule has 13 heavy (non-hydrogen) atoms. The first-order valence-corrected chi connectivity index (χ1v) is 3.65. The van der Waals surface area contributed by atoms with Gasteiger partial charge < -0.3 is 5.11 Å². The minimum atomic E-state index is -3.32. The summed E-state index contributed by atoms with van der Waals surface area (Å²) in [5.41, 5.74) is 0.315. The molecule has 0 aliphatic rings. The Morgan fingerprint density at radius 1 is 1.31 bits per heavy atom. The zero-order valence-electron chi connectivity index (χ0n) is 6.71. The summed E-state index contributed by atoms with van der Waals surface area (Å²) in [7, 11) is 0. The third-order valence-corrected chi connectivity index (χ3v) is 1.55. The fourth-order valence-corrected chi connectivity index (χ4v) is 0.928. The van der Waals surface area contributed by atoms with E-state index in [-0.39, 0.29) is 12.0 Å². The van der Waals surface area contributed by atoms with E-state index >= 15 is 0 Å². The molecular weight excluding hydrogens is 178 g/mol. The van der Waals surface area contributed by atoms with Crippen molar-refractivity contribution in [1.82, 2.24) is 0 Å². The van der Waals surface area contributed by atoms with E-state index < -0.39 is 12.3 Å². The first-order chi connectivity index (χ1) is 6.03. The number of hydrogen-bond donors (Lipinski definition) is 1. The van der Waals surface area contributed by atoms with Crippen LogP contribution in [-0.2, 0) is 11.2 Å². The lowest BCUT2D eigenvalue weighted by Gasteiger charge is -2.07. The number of carbonyl (C=O) groups is 1. The molecular formula is C9H8F2O2. The normalized spacial score (nSPS) is 11.2. The van der Waals surface area contributed by atoms with Crippen LogP contribution in [-0.4, -0.2) is 17.3 Å². The third kappa shape index (κ3) is 2.82. The molecule has 1 aromatic carbocycles. The SMILES string of the molecule is O=CC(F)(F)Cc1ccc(O)cc1. The monoisotopic (exact) mass is 186 g/mol.